The Kier molecular flexibility index (Phi) is 8.64. The monoisotopic (exact) mass is 527 g/mol. The van der Waals surface area contributed by atoms with Gasteiger partial charge in [-0.05, 0) is 48.3 Å². The lowest BCUT2D eigenvalue weighted by atomic mass is 10.0. The number of aromatic nitrogens is 1. The summed E-state index contributed by atoms with van der Waals surface area (Å²) in [5.41, 5.74) is 11.3. The normalized spacial score (nSPS) is 11.3. The molecule has 0 saturated heterocycles. The number of rotatable bonds is 10. The number of ether oxygens (including phenoxy) is 2. The highest BCUT2D eigenvalue weighted by atomic mass is 32.1. The Morgan fingerprint density at radius 2 is 1.81 bits per heavy atom. The Hall–Kier alpha value is -4.65. The van der Waals surface area contributed by atoms with Crippen LogP contribution in [0.2, 0.25) is 0 Å². The van der Waals surface area contributed by atoms with Gasteiger partial charge in [0, 0.05) is 0 Å². The highest BCUT2D eigenvalue weighted by Crippen LogP contribution is 2.38. The van der Waals surface area contributed by atoms with E-state index >= 15 is 0 Å². The zero-order valence-corrected chi connectivity index (χ0v) is 20.8. The predicted molar refractivity (Wildman–Crippen MR) is 135 cm³/mol. The molecule has 194 valence electrons. The van der Waals surface area contributed by atoms with Gasteiger partial charge in [-0.25, -0.2) is 0 Å². The van der Waals surface area contributed by atoms with Crippen LogP contribution in [0.15, 0.2) is 48.5 Å². The first kappa shape index (κ1) is 26.9. The summed E-state index contributed by atoms with van der Waals surface area (Å²) in [7, 11) is 1.39. The number of para-hydroxylation sites is 2. The van der Waals surface area contributed by atoms with Crippen molar-refractivity contribution in [1.82, 2.24) is 9.69 Å². The van der Waals surface area contributed by atoms with Gasteiger partial charge in [0.15, 0.2) is 5.69 Å². The molecule has 3 aromatic rings. The smallest absolute Gasteiger partial charge is 0.325 e. The first-order chi connectivity index (χ1) is 17.7. The van der Waals surface area contributed by atoms with E-state index in [0.717, 1.165) is 4.90 Å². The third-order valence-electron chi connectivity index (χ3n) is 5.15. The van der Waals surface area contributed by atoms with Crippen molar-refractivity contribution in [2.75, 3.05) is 30.9 Å². The molecule has 37 heavy (non-hydrogen) atoms. The Morgan fingerprint density at radius 3 is 2.41 bits per heavy atom. The third-order valence-corrected chi connectivity index (χ3v) is 6.00. The number of hydrogen-bond donors (Lipinski definition) is 4. The van der Waals surface area contributed by atoms with Gasteiger partial charge in [0.2, 0.25) is 5.91 Å². The molecule has 6 N–H and O–H groups in total. The van der Waals surface area contributed by atoms with E-state index < -0.39 is 36.3 Å². The molecule has 0 radical (unpaired) electrons. The van der Waals surface area contributed by atoms with Crippen molar-refractivity contribution in [3.05, 3.63) is 64.7 Å². The first-order valence-electron chi connectivity index (χ1n) is 10.9. The number of hydrogen-bond acceptors (Lipinski definition) is 10. The van der Waals surface area contributed by atoms with Gasteiger partial charge in [-0.1, -0.05) is 24.3 Å². The largest absolute Gasteiger partial charge is 0.508 e. The number of carbonyl (C=O) groups is 4. The Balaban J connectivity index is 2.20. The molecule has 0 bridgehead atoms. The SMILES string of the molecule is CCOC(=O)CNC(=O)C(c1ccc(O)cc1)N(C(=O)c1snc(C(N)=O)c1N)c1ccccc1OC. The van der Waals surface area contributed by atoms with Crippen LogP contribution >= 0.6 is 11.5 Å². The maximum Gasteiger partial charge on any atom is 0.325 e. The van der Waals surface area contributed by atoms with E-state index in [1.807, 2.05) is 0 Å². The summed E-state index contributed by atoms with van der Waals surface area (Å²) in [5, 5.41) is 12.3. The minimum absolute atomic E-state index is 0.0672. The van der Waals surface area contributed by atoms with Crippen LogP contribution < -0.4 is 26.4 Å². The summed E-state index contributed by atoms with van der Waals surface area (Å²) in [6.07, 6.45) is 0. The first-order valence-corrected chi connectivity index (χ1v) is 11.7. The molecule has 2 aromatic carbocycles. The summed E-state index contributed by atoms with van der Waals surface area (Å²) in [5.74, 6) is -2.93. The summed E-state index contributed by atoms with van der Waals surface area (Å²) in [4.78, 5) is 52.1. The maximum atomic E-state index is 14.0. The number of nitrogen functional groups attached to an aromatic ring is 1. The number of esters is 1. The summed E-state index contributed by atoms with van der Waals surface area (Å²) in [6, 6.07) is 10.7. The fourth-order valence-corrected chi connectivity index (χ4v) is 4.22. The molecule has 1 heterocycles. The van der Waals surface area contributed by atoms with Crippen LogP contribution in [0.25, 0.3) is 0 Å². The van der Waals surface area contributed by atoms with Crippen LogP contribution in [0.4, 0.5) is 11.4 Å². The number of aromatic hydroxyl groups is 1. The van der Waals surface area contributed by atoms with Crippen molar-refractivity contribution in [3.63, 3.8) is 0 Å². The Bertz CT molecular complexity index is 1310. The van der Waals surface area contributed by atoms with Crippen molar-refractivity contribution in [1.29, 1.82) is 0 Å². The number of nitrogens with one attached hydrogen (secondary N) is 1. The third kappa shape index (κ3) is 5.95. The van der Waals surface area contributed by atoms with Crippen LogP contribution in [0, 0.1) is 0 Å². The lowest BCUT2D eigenvalue weighted by Crippen LogP contribution is -2.45. The maximum absolute atomic E-state index is 14.0. The molecule has 0 aliphatic heterocycles. The topological polar surface area (TPSA) is 187 Å². The quantitative estimate of drug-likeness (QED) is 0.284. The van der Waals surface area contributed by atoms with Gasteiger partial charge in [0.25, 0.3) is 11.8 Å². The fraction of sp³-hybridized carbons (Fsp3) is 0.208. The Labute approximate surface area is 215 Å². The van der Waals surface area contributed by atoms with E-state index in [0.29, 0.717) is 11.5 Å². The van der Waals surface area contributed by atoms with Crippen LogP contribution in [0.3, 0.4) is 0 Å². The van der Waals surface area contributed by atoms with Gasteiger partial charge in [0.1, 0.15) is 29.0 Å². The van der Waals surface area contributed by atoms with Gasteiger partial charge >= 0.3 is 5.97 Å². The van der Waals surface area contributed by atoms with E-state index in [2.05, 4.69) is 9.69 Å². The minimum atomic E-state index is -1.38. The van der Waals surface area contributed by atoms with Crippen LogP contribution in [0.5, 0.6) is 11.5 Å². The molecule has 0 spiro atoms. The number of nitrogens with two attached hydrogens (primary N) is 2. The average Bonchev–Trinajstić information content (AvgIpc) is 3.28. The van der Waals surface area contributed by atoms with Crippen LogP contribution in [-0.4, -0.2) is 53.4 Å². The number of methoxy groups -OCH3 is 1. The zero-order valence-electron chi connectivity index (χ0n) is 20.0. The number of phenols is 1. The molecular formula is C24H25N5O7S. The molecule has 12 nitrogen and oxygen atoms in total. The predicted octanol–water partition coefficient (Wildman–Crippen LogP) is 1.61. The number of primary amides is 1. The molecule has 1 atom stereocenters. The highest BCUT2D eigenvalue weighted by molar-refractivity contribution is 7.09. The zero-order chi connectivity index (χ0) is 27.1. The molecule has 0 aliphatic carbocycles. The lowest BCUT2D eigenvalue weighted by molar-refractivity contribution is -0.143. The average molecular weight is 528 g/mol. The van der Waals surface area contributed by atoms with Gasteiger partial charge in [-0.2, -0.15) is 4.37 Å². The standard InChI is InChI=1S/C24H25N5O7S/c1-3-36-17(31)12-27-23(33)20(13-8-10-14(30)11-9-13)29(15-6-4-5-7-16(15)35-2)24(34)21-18(25)19(22(26)32)28-37-21/h4-11,20,30H,3,12,25H2,1-2H3,(H2,26,32)(H,27,33). The summed E-state index contributed by atoms with van der Waals surface area (Å²) in [6.45, 7) is 1.29. The van der Waals surface area contributed by atoms with Gasteiger partial charge in [-0.3, -0.25) is 24.1 Å². The van der Waals surface area contributed by atoms with E-state index in [1.165, 1.54) is 31.4 Å². The lowest BCUT2D eigenvalue weighted by Gasteiger charge is -2.32. The second-order valence-corrected chi connectivity index (χ2v) is 8.28. The number of carbonyl (C=O) groups excluding carboxylic acids is 4. The second kappa shape index (κ2) is 11.9. The van der Waals surface area contributed by atoms with Crippen molar-refractivity contribution >= 4 is 46.6 Å². The van der Waals surface area contributed by atoms with Gasteiger partial charge < -0.3 is 31.4 Å². The van der Waals surface area contributed by atoms with Crippen molar-refractivity contribution in [3.8, 4) is 11.5 Å². The molecule has 0 aliphatic rings. The van der Waals surface area contributed by atoms with Crippen molar-refractivity contribution in [2.45, 2.75) is 13.0 Å². The molecule has 3 rings (SSSR count). The number of anilines is 2. The van der Waals surface area contributed by atoms with Gasteiger partial charge in [0.05, 0.1) is 25.1 Å². The van der Waals surface area contributed by atoms with Crippen LogP contribution in [-0.2, 0) is 14.3 Å². The molecular weight excluding hydrogens is 502 g/mol. The fourth-order valence-electron chi connectivity index (χ4n) is 3.48. The van der Waals surface area contributed by atoms with E-state index in [-0.39, 0.29) is 45.6 Å². The number of phenolic OH excluding ortho intramolecular Hbond substituents is 1. The Morgan fingerprint density at radius 1 is 1.14 bits per heavy atom. The van der Waals surface area contributed by atoms with Crippen molar-refractivity contribution in [2.24, 2.45) is 5.73 Å². The molecule has 0 fully saturated rings. The second-order valence-electron chi connectivity index (χ2n) is 7.50. The minimum Gasteiger partial charge on any atom is -0.508 e. The molecule has 0 saturated carbocycles. The van der Waals surface area contributed by atoms with Gasteiger partial charge in [-0.15, -0.1) is 0 Å². The molecule has 1 unspecified atom stereocenters. The molecule has 13 heteroatoms. The molecule has 1 aromatic heterocycles. The van der Waals surface area contributed by atoms with Crippen LogP contribution in [0.1, 0.15) is 38.7 Å². The summed E-state index contributed by atoms with van der Waals surface area (Å²) >= 11 is 0.647. The summed E-state index contributed by atoms with van der Waals surface area (Å²) < 4.78 is 14.2. The number of amides is 3. The van der Waals surface area contributed by atoms with E-state index in [1.54, 1.807) is 31.2 Å². The highest BCUT2D eigenvalue weighted by Gasteiger charge is 2.37. The van der Waals surface area contributed by atoms with E-state index in [4.69, 9.17) is 20.9 Å². The number of benzene rings is 2. The van der Waals surface area contributed by atoms with E-state index in [9.17, 15) is 24.3 Å². The molecule has 3 amide bonds. The van der Waals surface area contributed by atoms with Crippen molar-refractivity contribution < 1.29 is 33.8 Å². The number of nitrogens with zero attached hydrogens (tertiary/aromatic N) is 2.